The molecule has 13 heavy (non-hydrogen) atoms. The van der Waals surface area contributed by atoms with Crippen LogP contribution in [0.1, 0.15) is 13.3 Å². The van der Waals surface area contributed by atoms with Crippen molar-refractivity contribution in [2.75, 3.05) is 20.7 Å². The van der Waals surface area contributed by atoms with Crippen LogP contribution in [0.25, 0.3) is 0 Å². The molecule has 0 radical (unpaired) electrons. The summed E-state index contributed by atoms with van der Waals surface area (Å²) >= 11 is 0. The second kappa shape index (κ2) is 7.62. The smallest absolute Gasteiger partial charge is 0.121 e. The maximum absolute atomic E-state index is 5.18. The molecule has 2 nitrogen and oxygen atoms in total. The van der Waals surface area contributed by atoms with Gasteiger partial charge in [-0.25, -0.2) is 0 Å². The largest absolute Gasteiger partial charge is 0.497 e. The number of methoxy groups -OCH3 is 1. The predicted octanol–water partition coefficient (Wildman–Crippen LogP) is 2.26. The first-order valence-corrected chi connectivity index (χ1v) is 4.44. The summed E-state index contributed by atoms with van der Waals surface area (Å²) in [5.41, 5.74) is 1.15. The Labute approximate surface area is 81.0 Å². The van der Waals surface area contributed by atoms with Gasteiger partial charge in [0.05, 0.1) is 7.11 Å². The van der Waals surface area contributed by atoms with E-state index in [-0.39, 0.29) is 0 Å². The topological polar surface area (TPSA) is 21.3 Å². The number of hydrogen-bond donors (Lipinski definition) is 1. The van der Waals surface area contributed by atoms with Gasteiger partial charge in [0.1, 0.15) is 5.76 Å². The van der Waals surface area contributed by atoms with Crippen LogP contribution < -0.4 is 5.32 Å². The van der Waals surface area contributed by atoms with Crippen molar-refractivity contribution >= 4 is 0 Å². The molecule has 1 N–H and O–H groups in total. The van der Waals surface area contributed by atoms with E-state index in [1.54, 1.807) is 13.2 Å². The normalized spacial score (nSPS) is 12.8. The Morgan fingerprint density at radius 1 is 1.54 bits per heavy atom. The fraction of sp³-hybridized carbons (Fsp3) is 0.455. The van der Waals surface area contributed by atoms with E-state index in [4.69, 9.17) is 4.74 Å². The average Bonchev–Trinajstić information content (AvgIpc) is 2.14. The molecule has 0 aliphatic carbocycles. The first-order valence-electron chi connectivity index (χ1n) is 4.44. The lowest BCUT2D eigenvalue weighted by molar-refractivity contribution is 0.300. The third kappa shape index (κ3) is 5.26. The molecular weight excluding hydrogens is 162 g/mol. The number of nitrogens with one attached hydrogen (secondary N) is 1. The van der Waals surface area contributed by atoms with Crippen LogP contribution in [0.2, 0.25) is 0 Å². The summed E-state index contributed by atoms with van der Waals surface area (Å²) in [4.78, 5) is 0. The van der Waals surface area contributed by atoms with E-state index in [1.807, 2.05) is 20.0 Å². The Bertz CT molecular complexity index is 204. The Morgan fingerprint density at radius 3 is 2.69 bits per heavy atom. The standard InChI is InChI=1S/C11H19NO/c1-5-7-11(13-4)10(2)8-6-9-12-3/h5,7-8,12H,1,6,9H2,2-4H3/b10-8-,11-7+. The molecule has 0 aromatic carbocycles. The van der Waals surface area contributed by atoms with Gasteiger partial charge in [-0.05, 0) is 38.6 Å². The van der Waals surface area contributed by atoms with Crippen LogP contribution in [-0.4, -0.2) is 20.7 Å². The van der Waals surface area contributed by atoms with Crippen molar-refractivity contribution in [2.24, 2.45) is 0 Å². The summed E-state index contributed by atoms with van der Waals surface area (Å²) in [5.74, 6) is 0.881. The maximum Gasteiger partial charge on any atom is 0.121 e. The lowest BCUT2D eigenvalue weighted by Crippen LogP contribution is -2.06. The molecule has 0 bridgehead atoms. The van der Waals surface area contributed by atoms with Gasteiger partial charge < -0.3 is 10.1 Å². The molecule has 74 valence electrons. The van der Waals surface area contributed by atoms with Crippen molar-refractivity contribution in [3.8, 4) is 0 Å². The van der Waals surface area contributed by atoms with Crippen molar-refractivity contribution < 1.29 is 4.74 Å². The zero-order valence-electron chi connectivity index (χ0n) is 8.76. The highest BCUT2D eigenvalue weighted by Gasteiger charge is 1.96. The van der Waals surface area contributed by atoms with Crippen LogP contribution in [0.4, 0.5) is 0 Å². The molecular formula is C11H19NO. The van der Waals surface area contributed by atoms with Crippen molar-refractivity contribution in [2.45, 2.75) is 13.3 Å². The molecule has 0 fully saturated rings. The highest BCUT2D eigenvalue weighted by molar-refractivity contribution is 5.26. The van der Waals surface area contributed by atoms with Gasteiger partial charge in [0.25, 0.3) is 0 Å². The summed E-state index contributed by atoms with van der Waals surface area (Å²) < 4.78 is 5.18. The van der Waals surface area contributed by atoms with Crippen LogP contribution in [0.5, 0.6) is 0 Å². The van der Waals surface area contributed by atoms with E-state index in [0.717, 1.165) is 24.3 Å². The van der Waals surface area contributed by atoms with E-state index < -0.39 is 0 Å². The van der Waals surface area contributed by atoms with Crippen molar-refractivity contribution in [3.05, 3.63) is 36.1 Å². The summed E-state index contributed by atoms with van der Waals surface area (Å²) in [6, 6.07) is 0. The molecule has 0 spiro atoms. The van der Waals surface area contributed by atoms with E-state index in [2.05, 4.69) is 18.0 Å². The second-order valence-electron chi connectivity index (χ2n) is 2.75. The van der Waals surface area contributed by atoms with Crippen molar-refractivity contribution in [1.82, 2.24) is 5.32 Å². The van der Waals surface area contributed by atoms with Gasteiger partial charge in [-0.15, -0.1) is 0 Å². The highest BCUT2D eigenvalue weighted by Crippen LogP contribution is 2.10. The molecule has 0 rings (SSSR count). The third-order valence-electron chi connectivity index (χ3n) is 1.72. The molecule has 0 aliphatic rings. The van der Waals surface area contributed by atoms with Gasteiger partial charge in [0.2, 0.25) is 0 Å². The molecule has 0 atom stereocenters. The molecule has 0 saturated carbocycles. The van der Waals surface area contributed by atoms with Gasteiger partial charge in [0, 0.05) is 0 Å². The second-order valence-corrected chi connectivity index (χ2v) is 2.75. The average molecular weight is 181 g/mol. The van der Waals surface area contributed by atoms with Gasteiger partial charge in [0.15, 0.2) is 0 Å². The molecule has 0 aromatic rings. The molecule has 0 aromatic heterocycles. The Hall–Kier alpha value is -1.02. The number of rotatable bonds is 6. The van der Waals surface area contributed by atoms with E-state index in [1.165, 1.54) is 0 Å². The lowest BCUT2D eigenvalue weighted by atomic mass is 10.2. The monoisotopic (exact) mass is 181 g/mol. The first kappa shape index (κ1) is 12.0. The Kier molecular flexibility index (Phi) is 7.02. The van der Waals surface area contributed by atoms with Crippen LogP contribution in [0, 0.1) is 0 Å². The van der Waals surface area contributed by atoms with Crippen LogP contribution in [0.3, 0.4) is 0 Å². The minimum atomic E-state index is 0.881. The Morgan fingerprint density at radius 2 is 2.23 bits per heavy atom. The fourth-order valence-corrected chi connectivity index (χ4v) is 1.00. The zero-order valence-corrected chi connectivity index (χ0v) is 8.76. The molecule has 2 heteroatoms. The molecule has 0 amide bonds. The van der Waals surface area contributed by atoms with E-state index in [0.29, 0.717) is 0 Å². The van der Waals surface area contributed by atoms with Gasteiger partial charge in [-0.1, -0.05) is 18.7 Å². The van der Waals surface area contributed by atoms with Crippen molar-refractivity contribution in [1.29, 1.82) is 0 Å². The molecule has 0 aliphatic heterocycles. The summed E-state index contributed by atoms with van der Waals surface area (Å²) in [5, 5.41) is 3.09. The maximum atomic E-state index is 5.18. The molecule has 0 unspecified atom stereocenters. The van der Waals surface area contributed by atoms with Gasteiger partial charge in [-0.3, -0.25) is 0 Å². The first-order chi connectivity index (χ1) is 6.26. The van der Waals surface area contributed by atoms with Crippen LogP contribution in [0.15, 0.2) is 36.1 Å². The summed E-state index contributed by atoms with van der Waals surface area (Å²) in [7, 11) is 3.62. The number of ether oxygens (including phenoxy) is 1. The van der Waals surface area contributed by atoms with Crippen LogP contribution in [-0.2, 0) is 4.74 Å². The van der Waals surface area contributed by atoms with Crippen molar-refractivity contribution in [3.63, 3.8) is 0 Å². The summed E-state index contributed by atoms with van der Waals surface area (Å²) in [6.07, 6.45) is 6.76. The van der Waals surface area contributed by atoms with Crippen LogP contribution >= 0.6 is 0 Å². The van der Waals surface area contributed by atoms with Gasteiger partial charge >= 0.3 is 0 Å². The molecule has 0 saturated heterocycles. The number of hydrogen-bond acceptors (Lipinski definition) is 2. The predicted molar refractivity (Wildman–Crippen MR) is 57.6 cm³/mol. The van der Waals surface area contributed by atoms with E-state index in [9.17, 15) is 0 Å². The highest BCUT2D eigenvalue weighted by atomic mass is 16.5. The van der Waals surface area contributed by atoms with Gasteiger partial charge in [-0.2, -0.15) is 0 Å². The minimum absolute atomic E-state index is 0.881. The van der Waals surface area contributed by atoms with E-state index >= 15 is 0 Å². The number of allylic oxidation sites excluding steroid dienone is 3. The fourth-order valence-electron chi connectivity index (χ4n) is 1.00. The summed E-state index contributed by atoms with van der Waals surface area (Å²) in [6.45, 7) is 6.66. The quantitative estimate of drug-likeness (QED) is 0.385. The Balaban J connectivity index is 4.18. The third-order valence-corrected chi connectivity index (χ3v) is 1.72. The minimum Gasteiger partial charge on any atom is -0.497 e. The molecule has 0 heterocycles. The zero-order chi connectivity index (χ0) is 10.1. The SMILES string of the molecule is C=C/C=C(OC)\C(C)=C/CCNC. The lowest BCUT2D eigenvalue weighted by Gasteiger charge is -2.05.